The van der Waals surface area contributed by atoms with Crippen LogP contribution in [0, 0.1) is 5.82 Å². The summed E-state index contributed by atoms with van der Waals surface area (Å²) in [6.45, 7) is 0. The first-order valence-corrected chi connectivity index (χ1v) is 10.6. The van der Waals surface area contributed by atoms with Gasteiger partial charge in [-0.1, -0.05) is 18.2 Å². The maximum absolute atomic E-state index is 13.9. The number of ether oxygens (including phenoxy) is 1. The summed E-state index contributed by atoms with van der Waals surface area (Å²) in [5.41, 5.74) is 0.612. The predicted octanol–water partition coefficient (Wildman–Crippen LogP) is 3.68. The second-order valence-corrected chi connectivity index (χ2v) is 8.99. The molecule has 0 saturated carbocycles. The molecule has 4 rings (SSSR count). The van der Waals surface area contributed by atoms with E-state index in [4.69, 9.17) is 9.15 Å². The molecule has 0 N–H and O–H groups in total. The Morgan fingerprint density at radius 3 is 2.55 bits per heavy atom. The Kier molecular flexibility index (Phi) is 5.30. The Hall–Kier alpha value is -3.56. The van der Waals surface area contributed by atoms with Gasteiger partial charge in [-0.15, -0.1) is 0 Å². The van der Waals surface area contributed by atoms with Gasteiger partial charge in [0, 0.05) is 25.7 Å². The summed E-state index contributed by atoms with van der Waals surface area (Å²) in [6.07, 6.45) is 1.38. The predicted molar refractivity (Wildman–Crippen MR) is 112 cm³/mol. The summed E-state index contributed by atoms with van der Waals surface area (Å²) >= 11 is 0. The maximum atomic E-state index is 13.9. The summed E-state index contributed by atoms with van der Waals surface area (Å²) in [7, 11) is -0.803. The number of aliphatic imine (C=N–C) groups is 1. The molecule has 1 aromatic heterocycles. The van der Waals surface area contributed by atoms with E-state index in [1.807, 2.05) is 0 Å². The Labute approximate surface area is 178 Å². The Balaban J connectivity index is 1.64. The largest absolute Gasteiger partial charge is 0.457 e. The van der Waals surface area contributed by atoms with E-state index in [1.165, 1.54) is 44.4 Å². The van der Waals surface area contributed by atoms with Crippen molar-refractivity contribution in [3.63, 3.8) is 0 Å². The number of halogens is 1. The summed E-state index contributed by atoms with van der Waals surface area (Å²) in [5.74, 6) is -0.557. The van der Waals surface area contributed by atoms with Gasteiger partial charge >= 0.3 is 5.97 Å². The topological polar surface area (TPSA) is 89.2 Å². The molecule has 7 nitrogen and oxygen atoms in total. The second kappa shape index (κ2) is 7.93. The number of sulfonamides is 1. The van der Waals surface area contributed by atoms with Crippen LogP contribution in [0.3, 0.4) is 0 Å². The fourth-order valence-corrected chi connectivity index (χ4v) is 3.85. The number of rotatable bonds is 5. The van der Waals surface area contributed by atoms with E-state index in [-0.39, 0.29) is 16.5 Å². The molecule has 2 aromatic carbocycles. The standard InChI is InChI=1S/C22H17FN2O5S/c1-25(2)31(27,28)16-7-5-6-14(12-16)21-24-19(22(26)30-21)13-15-10-11-20(29-15)17-8-3-4-9-18(17)23/h3-13H,1-2H3/b19-13-. The number of hydrogen-bond donors (Lipinski definition) is 0. The molecule has 0 bridgehead atoms. The average Bonchev–Trinajstić information content (AvgIpc) is 3.35. The zero-order valence-corrected chi connectivity index (χ0v) is 17.4. The van der Waals surface area contributed by atoms with Crippen LogP contribution in [0.5, 0.6) is 0 Å². The van der Waals surface area contributed by atoms with Crippen molar-refractivity contribution in [1.29, 1.82) is 0 Å². The van der Waals surface area contributed by atoms with Crippen molar-refractivity contribution in [3.8, 4) is 11.3 Å². The van der Waals surface area contributed by atoms with Gasteiger partial charge in [-0.25, -0.2) is 26.9 Å². The Morgan fingerprint density at radius 1 is 1.03 bits per heavy atom. The van der Waals surface area contributed by atoms with Gasteiger partial charge in [-0.3, -0.25) is 0 Å². The normalized spacial score (nSPS) is 15.4. The summed E-state index contributed by atoms with van der Waals surface area (Å²) in [4.78, 5) is 16.5. The number of hydrogen-bond acceptors (Lipinski definition) is 6. The molecule has 0 atom stereocenters. The van der Waals surface area contributed by atoms with Crippen molar-refractivity contribution in [1.82, 2.24) is 4.31 Å². The van der Waals surface area contributed by atoms with E-state index >= 15 is 0 Å². The molecule has 0 saturated heterocycles. The van der Waals surface area contributed by atoms with Crippen LogP contribution in [-0.2, 0) is 19.6 Å². The highest BCUT2D eigenvalue weighted by Gasteiger charge is 2.26. The van der Waals surface area contributed by atoms with Gasteiger partial charge in [0.2, 0.25) is 15.9 Å². The van der Waals surface area contributed by atoms with Crippen molar-refractivity contribution < 1.29 is 26.8 Å². The second-order valence-electron chi connectivity index (χ2n) is 6.83. The highest BCUT2D eigenvalue weighted by atomic mass is 32.2. The minimum absolute atomic E-state index is 0.0204. The zero-order valence-electron chi connectivity index (χ0n) is 16.6. The van der Waals surface area contributed by atoms with Crippen molar-refractivity contribution in [3.05, 3.63) is 83.5 Å². The molecule has 158 valence electrons. The van der Waals surface area contributed by atoms with Gasteiger partial charge in [0.15, 0.2) is 5.70 Å². The van der Waals surface area contributed by atoms with Gasteiger partial charge < -0.3 is 9.15 Å². The van der Waals surface area contributed by atoms with E-state index < -0.39 is 21.8 Å². The van der Waals surface area contributed by atoms with E-state index in [0.717, 1.165) is 4.31 Å². The highest BCUT2D eigenvalue weighted by molar-refractivity contribution is 7.89. The van der Waals surface area contributed by atoms with Gasteiger partial charge in [0.05, 0.1) is 10.5 Å². The molecule has 9 heteroatoms. The van der Waals surface area contributed by atoms with Crippen LogP contribution in [0.4, 0.5) is 4.39 Å². The number of furan rings is 1. The van der Waals surface area contributed by atoms with Gasteiger partial charge in [0.1, 0.15) is 17.3 Å². The minimum atomic E-state index is -3.65. The van der Waals surface area contributed by atoms with E-state index in [2.05, 4.69) is 4.99 Å². The molecule has 3 aromatic rings. The number of nitrogens with zero attached hydrogens (tertiary/aromatic N) is 2. The summed E-state index contributed by atoms with van der Waals surface area (Å²) < 4.78 is 50.5. The number of cyclic esters (lactones) is 1. The first-order valence-electron chi connectivity index (χ1n) is 9.16. The van der Waals surface area contributed by atoms with Gasteiger partial charge in [-0.2, -0.15) is 0 Å². The third kappa shape index (κ3) is 4.05. The van der Waals surface area contributed by atoms with Crippen LogP contribution in [0.1, 0.15) is 11.3 Å². The van der Waals surface area contributed by atoms with Crippen molar-refractivity contribution in [2.24, 2.45) is 4.99 Å². The maximum Gasteiger partial charge on any atom is 0.363 e. The molecule has 0 spiro atoms. The summed E-state index contributed by atoms with van der Waals surface area (Å²) in [5, 5.41) is 0. The Bertz CT molecular complexity index is 1340. The monoisotopic (exact) mass is 440 g/mol. The SMILES string of the molecule is CN(C)S(=O)(=O)c1cccc(C2=N/C(=C\c3ccc(-c4ccccc4F)o3)C(=O)O2)c1. The molecular weight excluding hydrogens is 423 g/mol. The van der Waals surface area contributed by atoms with Crippen LogP contribution >= 0.6 is 0 Å². The lowest BCUT2D eigenvalue weighted by atomic mass is 10.1. The molecule has 31 heavy (non-hydrogen) atoms. The van der Waals surface area contributed by atoms with Crippen LogP contribution in [0.15, 0.2) is 80.7 Å². The average molecular weight is 440 g/mol. The molecule has 0 aliphatic carbocycles. The number of carbonyl (C=O) groups is 1. The molecule has 0 amide bonds. The molecule has 1 aliphatic rings. The third-order valence-corrected chi connectivity index (χ3v) is 6.34. The third-order valence-electron chi connectivity index (χ3n) is 4.53. The van der Waals surface area contributed by atoms with Crippen molar-refractivity contribution in [2.75, 3.05) is 14.1 Å². The molecule has 1 aliphatic heterocycles. The van der Waals surface area contributed by atoms with Crippen LogP contribution in [-0.4, -0.2) is 38.7 Å². The lowest BCUT2D eigenvalue weighted by Crippen LogP contribution is -2.22. The van der Waals surface area contributed by atoms with Gasteiger partial charge in [-0.05, 0) is 42.5 Å². The van der Waals surface area contributed by atoms with Crippen LogP contribution < -0.4 is 0 Å². The van der Waals surface area contributed by atoms with Crippen LogP contribution in [0.25, 0.3) is 17.4 Å². The first kappa shape index (κ1) is 20.7. The molecule has 0 radical (unpaired) electrons. The van der Waals surface area contributed by atoms with E-state index in [0.29, 0.717) is 22.6 Å². The smallest absolute Gasteiger partial charge is 0.363 e. The van der Waals surface area contributed by atoms with Crippen molar-refractivity contribution in [2.45, 2.75) is 4.90 Å². The van der Waals surface area contributed by atoms with Crippen LogP contribution in [0.2, 0.25) is 0 Å². The van der Waals surface area contributed by atoms with Gasteiger partial charge in [0.25, 0.3) is 0 Å². The molecule has 2 heterocycles. The minimum Gasteiger partial charge on any atom is -0.457 e. The van der Waals surface area contributed by atoms with E-state index in [9.17, 15) is 17.6 Å². The molecule has 0 unspecified atom stereocenters. The highest BCUT2D eigenvalue weighted by Crippen LogP contribution is 2.27. The van der Waals surface area contributed by atoms with Crippen molar-refractivity contribution >= 4 is 28.0 Å². The fraction of sp³-hybridized carbons (Fsp3) is 0.0909. The number of esters is 1. The number of carbonyl (C=O) groups excluding carboxylic acids is 1. The summed E-state index contributed by atoms with van der Waals surface area (Å²) in [6, 6.07) is 15.3. The van der Waals surface area contributed by atoms with E-state index in [1.54, 1.807) is 36.4 Å². The fourth-order valence-electron chi connectivity index (χ4n) is 2.90. The first-order chi connectivity index (χ1) is 14.8. The number of benzene rings is 2. The molecular formula is C22H17FN2O5S. The lowest BCUT2D eigenvalue weighted by Gasteiger charge is -2.11. The zero-order chi connectivity index (χ0) is 22.2. The quantitative estimate of drug-likeness (QED) is 0.446. The molecule has 0 fully saturated rings. The Morgan fingerprint density at radius 2 is 1.81 bits per heavy atom. The lowest BCUT2D eigenvalue weighted by molar-refractivity contribution is -0.129.